The molecule has 4 nitrogen and oxygen atoms in total. The lowest BCUT2D eigenvalue weighted by atomic mass is 9.84. The van der Waals surface area contributed by atoms with Crippen molar-refractivity contribution in [3.8, 4) is 0 Å². The van der Waals surface area contributed by atoms with Gasteiger partial charge in [-0.25, -0.2) is 8.42 Å². The van der Waals surface area contributed by atoms with Crippen molar-refractivity contribution in [3.63, 3.8) is 0 Å². The number of sulfone groups is 1. The molecule has 0 aliphatic carbocycles. The minimum absolute atomic E-state index is 0.201. The maximum atomic E-state index is 11.9. The number of carbonyl (C=O) groups is 1. The fourth-order valence-corrected chi connectivity index (χ4v) is 3.50. The van der Waals surface area contributed by atoms with Crippen LogP contribution in [-0.4, -0.2) is 19.5 Å². The highest BCUT2D eigenvalue weighted by molar-refractivity contribution is 7.95. The van der Waals surface area contributed by atoms with Crippen LogP contribution in [0.15, 0.2) is 28.5 Å². The van der Waals surface area contributed by atoms with E-state index < -0.39 is 21.2 Å². The first kappa shape index (κ1) is 12.8. The summed E-state index contributed by atoms with van der Waals surface area (Å²) in [6.07, 6.45) is 0. The molecule has 0 amide bonds. The zero-order valence-corrected chi connectivity index (χ0v) is 11.2. The summed E-state index contributed by atoms with van der Waals surface area (Å²) >= 11 is 0. The van der Waals surface area contributed by atoms with Crippen LogP contribution in [0.25, 0.3) is 5.57 Å². The Hall–Kier alpha value is -1.62. The Labute approximate surface area is 106 Å². The zero-order valence-electron chi connectivity index (χ0n) is 10.4. The molecule has 0 fully saturated rings. The van der Waals surface area contributed by atoms with E-state index in [2.05, 4.69) is 0 Å². The van der Waals surface area contributed by atoms with Crippen LogP contribution in [0.3, 0.4) is 0 Å². The Morgan fingerprint density at radius 3 is 2.44 bits per heavy atom. The second-order valence-electron chi connectivity index (χ2n) is 4.99. The normalized spacial score (nSPS) is 17.2. The smallest absolute Gasteiger partial charge is 0.313 e. The van der Waals surface area contributed by atoms with Gasteiger partial charge in [0.15, 0.2) is 0 Å². The number of aliphatic carboxylic acids is 1. The lowest BCUT2D eigenvalue weighted by Crippen LogP contribution is -2.28. The Morgan fingerprint density at radius 2 is 1.89 bits per heavy atom. The van der Waals surface area contributed by atoms with E-state index in [1.54, 1.807) is 32.9 Å². The monoisotopic (exact) mass is 266 g/mol. The third-order valence-corrected chi connectivity index (χ3v) is 4.92. The highest BCUT2D eigenvalue weighted by Crippen LogP contribution is 2.36. The summed E-state index contributed by atoms with van der Waals surface area (Å²) in [5.74, 6) is -0.984. The molecule has 0 saturated heterocycles. The summed E-state index contributed by atoms with van der Waals surface area (Å²) in [5.41, 5.74) is 0.714. The number of hydrogen-bond donors (Lipinski definition) is 1. The predicted octanol–water partition coefficient (Wildman–Crippen LogP) is 2.20. The van der Waals surface area contributed by atoms with E-state index in [0.717, 1.165) is 0 Å². The molecule has 96 valence electrons. The molecular formula is C13H14O4S. The number of carboxylic acid groups (broad SMARTS) is 1. The molecule has 0 unspecified atom stereocenters. The van der Waals surface area contributed by atoms with E-state index in [-0.39, 0.29) is 4.90 Å². The highest BCUT2D eigenvalue weighted by Gasteiger charge is 2.32. The van der Waals surface area contributed by atoms with Gasteiger partial charge in [0.1, 0.15) is 0 Å². The van der Waals surface area contributed by atoms with E-state index >= 15 is 0 Å². The van der Waals surface area contributed by atoms with Gasteiger partial charge in [-0.3, -0.25) is 4.79 Å². The van der Waals surface area contributed by atoms with Gasteiger partial charge >= 0.3 is 5.97 Å². The fraction of sp³-hybridized carbons (Fsp3) is 0.308. The summed E-state index contributed by atoms with van der Waals surface area (Å²) in [7, 11) is -3.42. The molecule has 2 rings (SSSR count). The van der Waals surface area contributed by atoms with Gasteiger partial charge < -0.3 is 5.11 Å². The second-order valence-corrected chi connectivity index (χ2v) is 6.75. The molecule has 1 N–H and O–H groups in total. The number of rotatable bonds is 2. The topological polar surface area (TPSA) is 71.4 Å². The molecule has 0 spiro atoms. The van der Waals surface area contributed by atoms with Crippen LogP contribution in [0.5, 0.6) is 0 Å². The van der Waals surface area contributed by atoms with E-state index in [1.165, 1.54) is 11.5 Å². The van der Waals surface area contributed by atoms with Gasteiger partial charge in [0.25, 0.3) is 0 Å². The summed E-state index contributed by atoms with van der Waals surface area (Å²) in [6, 6.07) is 4.81. The molecule has 1 aromatic rings. The second kappa shape index (κ2) is 3.68. The minimum atomic E-state index is -3.42. The van der Waals surface area contributed by atoms with Crippen LogP contribution in [0.2, 0.25) is 0 Å². The van der Waals surface area contributed by atoms with E-state index in [4.69, 9.17) is 5.11 Å². The van der Waals surface area contributed by atoms with Gasteiger partial charge in [-0.2, -0.15) is 0 Å². The Morgan fingerprint density at radius 1 is 1.28 bits per heavy atom. The molecule has 1 aromatic carbocycles. The van der Waals surface area contributed by atoms with Crippen LogP contribution in [-0.2, 0) is 20.0 Å². The van der Waals surface area contributed by atoms with E-state index in [0.29, 0.717) is 16.7 Å². The first-order chi connectivity index (χ1) is 8.16. The molecule has 1 heterocycles. The summed E-state index contributed by atoms with van der Waals surface area (Å²) < 4.78 is 23.8. The van der Waals surface area contributed by atoms with Crippen molar-refractivity contribution in [2.45, 2.75) is 31.1 Å². The number of fused-ring (bicyclic) bond motifs is 1. The standard InChI is InChI=1S/C13H14O4S/c1-8-7-18(16,17)11-6-9(4-5-10(8)11)13(2,3)12(14)15/h4-7H,1-3H3,(H,14,15). The SMILES string of the molecule is CC1=CS(=O)(=O)c2cc(C(C)(C)C(=O)O)ccc21. The van der Waals surface area contributed by atoms with Gasteiger partial charge in [0.05, 0.1) is 10.3 Å². The van der Waals surface area contributed by atoms with Crippen LogP contribution in [0.4, 0.5) is 0 Å². The fourth-order valence-electron chi connectivity index (χ4n) is 1.96. The molecule has 0 atom stereocenters. The summed E-state index contributed by atoms with van der Waals surface area (Å²) in [6.45, 7) is 4.84. The number of hydrogen-bond acceptors (Lipinski definition) is 3. The Balaban J connectivity index is 2.66. The van der Waals surface area contributed by atoms with Gasteiger partial charge in [0, 0.05) is 5.41 Å². The zero-order chi connectivity index (χ0) is 13.7. The van der Waals surface area contributed by atoms with Gasteiger partial charge in [-0.05, 0) is 43.5 Å². The minimum Gasteiger partial charge on any atom is -0.481 e. The highest BCUT2D eigenvalue weighted by atomic mass is 32.2. The van der Waals surface area contributed by atoms with Crippen molar-refractivity contribution in [2.24, 2.45) is 0 Å². The predicted molar refractivity (Wildman–Crippen MR) is 67.9 cm³/mol. The van der Waals surface area contributed by atoms with E-state index in [1.807, 2.05) is 0 Å². The third-order valence-electron chi connectivity index (χ3n) is 3.30. The van der Waals surface area contributed by atoms with Crippen molar-refractivity contribution in [2.75, 3.05) is 0 Å². The van der Waals surface area contributed by atoms with Crippen molar-refractivity contribution in [1.29, 1.82) is 0 Å². The molecule has 0 aromatic heterocycles. The average molecular weight is 266 g/mol. The molecule has 5 heteroatoms. The van der Waals surface area contributed by atoms with Crippen LogP contribution in [0, 0.1) is 0 Å². The lowest BCUT2D eigenvalue weighted by molar-refractivity contribution is -0.142. The summed E-state index contributed by atoms with van der Waals surface area (Å²) in [4.78, 5) is 11.4. The van der Waals surface area contributed by atoms with Crippen LogP contribution < -0.4 is 0 Å². The largest absolute Gasteiger partial charge is 0.481 e. The van der Waals surface area contributed by atoms with Gasteiger partial charge in [-0.1, -0.05) is 12.1 Å². The molecular weight excluding hydrogens is 252 g/mol. The Kier molecular flexibility index (Phi) is 2.63. The summed E-state index contributed by atoms with van der Waals surface area (Å²) in [5, 5.41) is 10.4. The van der Waals surface area contributed by atoms with E-state index in [9.17, 15) is 13.2 Å². The molecule has 0 bridgehead atoms. The number of benzene rings is 1. The van der Waals surface area contributed by atoms with Crippen molar-refractivity contribution >= 4 is 21.4 Å². The van der Waals surface area contributed by atoms with Crippen LogP contribution >= 0.6 is 0 Å². The first-order valence-electron chi connectivity index (χ1n) is 5.48. The van der Waals surface area contributed by atoms with Gasteiger partial charge in [-0.15, -0.1) is 0 Å². The third kappa shape index (κ3) is 1.75. The van der Waals surface area contributed by atoms with Gasteiger partial charge in [0.2, 0.25) is 9.84 Å². The first-order valence-corrected chi connectivity index (χ1v) is 7.02. The number of allylic oxidation sites excluding steroid dienone is 1. The number of carboxylic acids is 1. The quantitative estimate of drug-likeness (QED) is 0.890. The van der Waals surface area contributed by atoms with Crippen LogP contribution in [0.1, 0.15) is 31.9 Å². The maximum Gasteiger partial charge on any atom is 0.313 e. The van der Waals surface area contributed by atoms with Crippen molar-refractivity contribution in [3.05, 3.63) is 34.7 Å². The molecule has 18 heavy (non-hydrogen) atoms. The maximum absolute atomic E-state index is 11.9. The molecule has 1 aliphatic heterocycles. The molecule has 0 radical (unpaired) electrons. The van der Waals surface area contributed by atoms with Crippen molar-refractivity contribution in [1.82, 2.24) is 0 Å². The lowest BCUT2D eigenvalue weighted by Gasteiger charge is -2.20. The van der Waals surface area contributed by atoms with Crippen molar-refractivity contribution < 1.29 is 18.3 Å². The average Bonchev–Trinajstić information content (AvgIpc) is 2.49. The Bertz CT molecular complexity index is 666. The molecule has 1 aliphatic rings. The molecule has 0 saturated carbocycles.